The van der Waals surface area contributed by atoms with Crippen molar-refractivity contribution in [2.45, 2.75) is 20.0 Å². The van der Waals surface area contributed by atoms with E-state index in [9.17, 15) is 9.59 Å². The van der Waals surface area contributed by atoms with E-state index in [-0.39, 0.29) is 17.2 Å². The summed E-state index contributed by atoms with van der Waals surface area (Å²) in [4.78, 5) is 33.8. The molecule has 0 spiro atoms. The second-order valence-electron chi connectivity index (χ2n) is 8.65. The largest absolute Gasteiger partial charge is 0.338 e. The molecule has 1 amide bonds. The molecule has 2 aromatic heterocycles. The van der Waals surface area contributed by atoms with E-state index in [4.69, 9.17) is 4.52 Å². The van der Waals surface area contributed by atoms with Crippen molar-refractivity contribution < 1.29 is 9.32 Å². The van der Waals surface area contributed by atoms with Crippen molar-refractivity contribution in [2.24, 2.45) is 0 Å². The van der Waals surface area contributed by atoms with Crippen LogP contribution in [0.15, 0.2) is 76.0 Å². The number of hydrogen-bond acceptors (Lipinski definition) is 7. The van der Waals surface area contributed by atoms with Gasteiger partial charge in [-0.15, -0.1) is 0 Å². The van der Waals surface area contributed by atoms with Crippen molar-refractivity contribution in [3.05, 3.63) is 99.8 Å². The van der Waals surface area contributed by atoms with Crippen molar-refractivity contribution in [2.75, 3.05) is 26.2 Å². The van der Waals surface area contributed by atoms with Crippen LogP contribution in [0.4, 0.5) is 0 Å². The Morgan fingerprint density at radius 1 is 0.914 bits per heavy atom. The first-order valence-corrected chi connectivity index (χ1v) is 11.6. The average Bonchev–Trinajstić information content (AvgIpc) is 3.35. The molecule has 0 N–H and O–H groups in total. The summed E-state index contributed by atoms with van der Waals surface area (Å²) in [5, 5.41) is 8.43. The van der Waals surface area contributed by atoms with E-state index in [1.807, 2.05) is 61.5 Å². The van der Waals surface area contributed by atoms with Crippen LogP contribution < -0.4 is 5.56 Å². The standard InChI is InChI=1S/C26H26N6O3/c1-19-7-9-21(10-8-19)25-27-23(35-29-25)18-30-13-15-31(16-14-30)26(34)22-11-12-24(33)32(28-22)17-20-5-3-2-4-6-20/h2-12H,13-18H2,1H3. The SMILES string of the molecule is Cc1ccc(-c2noc(CN3CCN(C(=O)c4ccc(=O)n(Cc5ccccc5)n4)CC3)n2)cc1. The number of piperazine rings is 1. The maximum atomic E-state index is 13.1. The molecule has 1 fully saturated rings. The fourth-order valence-corrected chi connectivity index (χ4v) is 4.03. The minimum absolute atomic E-state index is 0.175. The molecule has 0 saturated carbocycles. The van der Waals surface area contributed by atoms with E-state index in [0.29, 0.717) is 51.0 Å². The fourth-order valence-electron chi connectivity index (χ4n) is 4.03. The van der Waals surface area contributed by atoms with Gasteiger partial charge in [-0.05, 0) is 18.6 Å². The highest BCUT2D eigenvalue weighted by Crippen LogP contribution is 2.17. The Labute approximate surface area is 202 Å². The van der Waals surface area contributed by atoms with Gasteiger partial charge in [0.15, 0.2) is 0 Å². The van der Waals surface area contributed by atoms with Gasteiger partial charge in [-0.2, -0.15) is 10.1 Å². The Kier molecular flexibility index (Phi) is 6.49. The molecule has 35 heavy (non-hydrogen) atoms. The average molecular weight is 471 g/mol. The van der Waals surface area contributed by atoms with Gasteiger partial charge in [-0.25, -0.2) is 4.68 Å². The first kappa shape index (κ1) is 22.7. The molecule has 178 valence electrons. The van der Waals surface area contributed by atoms with Crippen LogP contribution in [0.25, 0.3) is 11.4 Å². The summed E-state index contributed by atoms with van der Waals surface area (Å²) >= 11 is 0. The van der Waals surface area contributed by atoms with Gasteiger partial charge in [0, 0.05) is 37.8 Å². The van der Waals surface area contributed by atoms with Crippen LogP contribution in [0.3, 0.4) is 0 Å². The van der Waals surface area contributed by atoms with E-state index < -0.39 is 0 Å². The van der Waals surface area contributed by atoms with E-state index in [1.54, 1.807) is 4.90 Å². The van der Waals surface area contributed by atoms with Crippen LogP contribution in [-0.4, -0.2) is 61.8 Å². The van der Waals surface area contributed by atoms with E-state index >= 15 is 0 Å². The van der Waals surface area contributed by atoms with Crippen LogP contribution >= 0.6 is 0 Å². The number of nitrogens with zero attached hydrogens (tertiary/aromatic N) is 6. The number of carbonyl (C=O) groups excluding carboxylic acids is 1. The number of rotatable bonds is 6. The molecule has 5 rings (SSSR count). The van der Waals surface area contributed by atoms with Gasteiger partial charge < -0.3 is 9.42 Å². The van der Waals surface area contributed by atoms with Crippen molar-refractivity contribution in [3.8, 4) is 11.4 Å². The molecular formula is C26H26N6O3. The van der Waals surface area contributed by atoms with Crippen LogP contribution in [-0.2, 0) is 13.1 Å². The zero-order valence-corrected chi connectivity index (χ0v) is 19.5. The molecule has 0 bridgehead atoms. The van der Waals surface area contributed by atoms with Gasteiger partial charge in [0.2, 0.25) is 11.7 Å². The summed E-state index contributed by atoms with van der Waals surface area (Å²) in [6.07, 6.45) is 0. The number of amides is 1. The predicted octanol–water partition coefficient (Wildman–Crippen LogP) is 2.61. The quantitative estimate of drug-likeness (QED) is 0.427. The number of hydrogen-bond donors (Lipinski definition) is 0. The molecule has 3 heterocycles. The smallest absolute Gasteiger partial charge is 0.274 e. The van der Waals surface area contributed by atoms with Crippen LogP contribution in [0.5, 0.6) is 0 Å². The Bertz CT molecular complexity index is 1360. The number of carbonyl (C=O) groups is 1. The second-order valence-corrected chi connectivity index (χ2v) is 8.65. The van der Waals surface area contributed by atoms with Gasteiger partial charge in [-0.3, -0.25) is 14.5 Å². The molecule has 1 aliphatic rings. The Hall–Kier alpha value is -4.11. The number of aromatic nitrogens is 4. The highest BCUT2D eigenvalue weighted by Gasteiger charge is 2.25. The third-order valence-electron chi connectivity index (χ3n) is 6.06. The van der Waals surface area contributed by atoms with Crippen molar-refractivity contribution >= 4 is 5.91 Å². The van der Waals surface area contributed by atoms with E-state index in [1.165, 1.54) is 22.4 Å². The first-order chi connectivity index (χ1) is 17.0. The molecule has 1 saturated heterocycles. The van der Waals surface area contributed by atoms with E-state index in [2.05, 4.69) is 20.1 Å². The first-order valence-electron chi connectivity index (χ1n) is 11.6. The summed E-state index contributed by atoms with van der Waals surface area (Å²) in [6.45, 7) is 5.35. The number of benzene rings is 2. The molecule has 0 atom stereocenters. The number of aryl methyl sites for hydroxylation is 1. The zero-order valence-electron chi connectivity index (χ0n) is 19.5. The van der Waals surface area contributed by atoms with Gasteiger partial charge in [0.25, 0.3) is 11.5 Å². The summed E-state index contributed by atoms with van der Waals surface area (Å²) in [5.74, 6) is 0.950. The molecule has 0 radical (unpaired) electrons. The minimum atomic E-state index is -0.236. The lowest BCUT2D eigenvalue weighted by Crippen LogP contribution is -2.48. The summed E-state index contributed by atoms with van der Waals surface area (Å²) < 4.78 is 6.78. The molecular weight excluding hydrogens is 444 g/mol. The summed E-state index contributed by atoms with van der Waals surface area (Å²) in [5.41, 5.74) is 3.08. The topological polar surface area (TPSA) is 97.4 Å². The highest BCUT2D eigenvalue weighted by molar-refractivity contribution is 5.92. The maximum Gasteiger partial charge on any atom is 0.274 e. The van der Waals surface area contributed by atoms with E-state index in [0.717, 1.165) is 11.1 Å². The lowest BCUT2D eigenvalue weighted by molar-refractivity contribution is 0.0607. The Morgan fingerprint density at radius 3 is 2.40 bits per heavy atom. The second kappa shape index (κ2) is 10.0. The molecule has 2 aromatic carbocycles. The lowest BCUT2D eigenvalue weighted by atomic mass is 10.1. The fraction of sp³-hybridized carbons (Fsp3) is 0.269. The van der Waals surface area contributed by atoms with Crippen molar-refractivity contribution in [1.82, 2.24) is 29.7 Å². The van der Waals surface area contributed by atoms with Crippen molar-refractivity contribution in [1.29, 1.82) is 0 Å². The zero-order chi connectivity index (χ0) is 24.2. The molecule has 9 heteroatoms. The summed E-state index contributed by atoms with van der Waals surface area (Å²) in [7, 11) is 0. The van der Waals surface area contributed by atoms with Gasteiger partial charge in [0.05, 0.1) is 13.1 Å². The predicted molar refractivity (Wildman–Crippen MR) is 130 cm³/mol. The van der Waals surface area contributed by atoms with Gasteiger partial charge in [-0.1, -0.05) is 65.3 Å². The van der Waals surface area contributed by atoms with Gasteiger partial charge >= 0.3 is 0 Å². The lowest BCUT2D eigenvalue weighted by Gasteiger charge is -2.33. The molecule has 0 unspecified atom stereocenters. The Morgan fingerprint density at radius 2 is 1.66 bits per heavy atom. The molecule has 1 aliphatic heterocycles. The van der Waals surface area contributed by atoms with Crippen LogP contribution in [0.1, 0.15) is 27.5 Å². The monoisotopic (exact) mass is 470 g/mol. The molecule has 0 aliphatic carbocycles. The third kappa shape index (κ3) is 5.36. The Balaban J connectivity index is 1.18. The molecule has 9 nitrogen and oxygen atoms in total. The van der Waals surface area contributed by atoms with Crippen LogP contribution in [0.2, 0.25) is 0 Å². The maximum absolute atomic E-state index is 13.1. The van der Waals surface area contributed by atoms with Crippen molar-refractivity contribution in [3.63, 3.8) is 0 Å². The van der Waals surface area contributed by atoms with Gasteiger partial charge in [0.1, 0.15) is 5.69 Å². The highest BCUT2D eigenvalue weighted by atomic mass is 16.5. The summed E-state index contributed by atoms with van der Waals surface area (Å²) in [6, 6.07) is 20.5. The third-order valence-corrected chi connectivity index (χ3v) is 6.06. The molecule has 4 aromatic rings. The minimum Gasteiger partial charge on any atom is -0.338 e. The normalized spacial score (nSPS) is 14.3. The van der Waals surface area contributed by atoms with Crippen LogP contribution in [0, 0.1) is 6.92 Å².